The van der Waals surface area contributed by atoms with E-state index in [9.17, 15) is 4.79 Å². The maximum absolute atomic E-state index is 12.3. The summed E-state index contributed by atoms with van der Waals surface area (Å²) in [5.41, 5.74) is 3.12. The number of halogens is 1. The summed E-state index contributed by atoms with van der Waals surface area (Å²) in [7, 11) is 0. The average molecular weight is 312 g/mol. The largest absolute Gasteiger partial charge is 0.324 e. The molecule has 0 aliphatic heterocycles. The van der Waals surface area contributed by atoms with Gasteiger partial charge in [0.25, 0.3) is 5.91 Å². The summed E-state index contributed by atoms with van der Waals surface area (Å²) in [5.74, 6) is -0.175. The number of hydrogen-bond donors (Lipinski definition) is 1. The molecule has 3 rings (SSSR count). The molecule has 2 heterocycles. The van der Waals surface area contributed by atoms with Crippen LogP contribution in [0.4, 0.5) is 5.69 Å². The van der Waals surface area contributed by atoms with Crippen molar-refractivity contribution in [3.8, 4) is 5.69 Å². The van der Waals surface area contributed by atoms with E-state index in [-0.39, 0.29) is 5.91 Å². The van der Waals surface area contributed by atoms with E-state index in [4.69, 9.17) is 11.6 Å². The lowest BCUT2D eigenvalue weighted by molar-refractivity contribution is 0.102. The third-order valence-corrected chi connectivity index (χ3v) is 3.56. The Morgan fingerprint density at radius 2 is 1.86 bits per heavy atom. The highest BCUT2D eigenvalue weighted by Gasteiger charge is 2.08. The van der Waals surface area contributed by atoms with Gasteiger partial charge in [-0.1, -0.05) is 11.6 Å². The van der Waals surface area contributed by atoms with Gasteiger partial charge in [-0.15, -0.1) is 0 Å². The number of pyridine rings is 1. The van der Waals surface area contributed by atoms with Crippen molar-refractivity contribution in [3.05, 3.63) is 77.3 Å². The lowest BCUT2D eigenvalue weighted by atomic mass is 10.1. The van der Waals surface area contributed by atoms with E-state index in [0.29, 0.717) is 16.4 Å². The molecule has 0 bridgehead atoms. The van der Waals surface area contributed by atoms with Crippen molar-refractivity contribution in [3.63, 3.8) is 0 Å². The number of nitrogens with zero attached hydrogens (tertiary/aromatic N) is 2. The van der Waals surface area contributed by atoms with Crippen LogP contribution in [0.2, 0.25) is 5.15 Å². The first-order valence-electron chi connectivity index (χ1n) is 6.80. The smallest absolute Gasteiger partial charge is 0.255 e. The fourth-order valence-corrected chi connectivity index (χ4v) is 2.35. The Hall–Kier alpha value is -2.59. The van der Waals surface area contributed by atoms with Crippen molar-refractivity contribution in [2.24, 2.45) is 0 Å². The number of amides is 1. The van der Waals surface area contributed by atoms with Crippen molar-refractivity contribution in [1.29, 1.82) is 0 Å². The number of benzene rings is 1. The van der Waals surface area contributed by atoms with Gasteiger partial charge in [-0.3, -0.25) is 4.79 Å². The average Bonchev–Trinajstić information content (AvgIpc) is 3.04. The molecule has 0 aliphatic carbocycles. The van der Waals surface area contributed by atoms with Crippen molar-refractivity contribution < 1.29 is 4.79 Å². The van der Waals surface area contributed by atoms with E-state index in [2.05, 4.69) is 10.3 Å². The number of carbonyl (C=O) groups excluding carboxylic acids is 1. The van der Waals surface area contributed by atoms with Gasteiger partial charge in [-0.25, -0.2) is 4.98 Å². The van der Waals surface area contributed by atoms with Gasteiger partial charge in [-0.05, 0) is 55.0 Å². The monoisotopic (exact) mass is 311 g/mol. The number of nitrogens with one attached hydrogen (secondary N) is 1. The van der Waals surface area contributed by atoms with Crippen molar-refractivity contribution >= 4 is 23.2 Å². The SMILES string of the molecule is Cc1cc(Cl)ncc1NC(=O)c1ccc(-n2cccc2)cc1. The molecule has 0 fully saturated rings. The van der Waals surface area contributed by atoms with E-state index in [1.54, 1.807) is 24.4 Å². The fourth-order valence-electron chi connectivity index (χ4n) is 2.14. The molecule has 1 amide bonds. The minimum atomic E-state index is -0.175. The molecule has 0 saturated heterocycles. The molecule has 1 aromatic carbocycles. The number of anilines is 1. The molecule has 1 N–H and O–H groups in total. The maximum atomic E-state index is 12.3. The first-order valence-corrected chi connectivity index (χ1v) is 7.18. The third kappa shape index (κ3) is 3.02. The Morgan fingerprint density at radius 1 is 1.18 bits per heavy atom. The molecule has 110 valence electrons. The zero-order valence-corrected chi connectivity index (χ0v) is 12.7. The molecule has 0 aliphatic rings. The second kappa shape index (κ2) is 6.03. The Bertz CT molecular complexity index is 795. The van der Waals surface area contributed by atoms with Crippen LogP contribution in [0.5, 0.6) is 0 Å². The standard InChI is InChI=1S/C17H14ClN3O/c1-12-10-16(18)19-11-15(12)20-17(22)13-4-6-14(7-5-13)21-8-2-3-9-21/h2-11H,1H3,(H,20,22). The molecule has 22 heavy (non-hydrogen) atoms. The van der Waals surface area contributed by atoms with Crippen LogP contribution < -0.4 is 5.32 Å². The first kappa shape index (κ1) is 14.4. The highest BCUT2D eigenvalue weighted by Crippen LogP contribution is 2.18. The Kier molecular flexibility index (Phi) is 3.94. The molecule has 0 spiro atoms. The van der Waals surface area contributed by atoms with Gasteiger partial charge in [0.1, 0.15) is 5.15 Å². The van der Waals surface area contributed by atoms with E-state index in [1.165, 1.54) is 0 Å². The van der Waals surface area contributed by atoms with Gasteiger partial charge in [-0.2, -0.15) is 0 Å². The zero-order chi connectivity index (χ0) is 15.5. The van der Waals surface area contributed by atoms with Crippen LogP contribution in [0.15, 0.2) is 61.1 Å². The summed E-state index contributed by atoms with van der Waals surface area (Å²) in [4.78, 5) is 16.3. The summed E-state index contributed by atoms with van der Waals surface area (Å²) in [6.45, 7) is 1.87. The van der Waals surface area contributed by atoms with Crippen LogP contribution in [0.1, 0.15) is 15.9 Å². The van der Waals surface area contributed by atoms with Gasteiger partial charge < -0.3 is 9.88 Å². The summed E-state index contributed by atoms with van der Waals surface area (Å²) in [6, 6.07) is 13.0. The summed E-state index contributed by atoms with van der Waals surface area (Å²) < 4.78 is 1.98. The van der Waals surface area contributed by atoms with E-state index >= 15 is 0 Å². The lowest BCUT2D eigenvalue weighted by Gasteiger charge is -2.09. The van der Waals surface area contributed by atoms with Crippen molar-refractivity contribution in [2.75, 3.05) is 5.32 Å². The quantitative estimate of drug-likeness (QED) is 0.741. The van der Waals surface area contributed by atoms with E-state index in [0.717, 1.165) is 11.3 Å². The van der Waals surface area contributed by atoms with E-state index in [1.807, 2.05) is 48.1 Å². The number of rotatable bonds is 3. The Morgan fingerprint density at radius 3 is 2.50 bits per heavy atom. The van der Waals surface area contributed by atoms with Gasteiger partial charge in [0.15, 0.2) is 0 Å². The molecule has 5 heteroatoms. The molecule has 0 unspecified atom stereocenters. The predicted molar refractivity (Wildman–Crippen MR) is 87.7 cm³/mol. The fraction of sp³-hybridized carbons (Fsp3) is 0.0588. The van der Waals surface area contributed by atoms with Crippen molar-refractivity contribution in [2.45, 2.75) is 6.92 Å². The molecule has 0 saturated carbocycles. The van der Waals surface area contributed by atoms with Crippen LogP contribution in [-0.4, -0.2) is 15.5 Å². The normalized spacial score (nSPS) is 10.5. The first-order chi connectivity index (χ1) is 10.6. The molecular formula is C17H14ClN3O. The molecule has 0 radical (unpaired) electrons. The molecule has 0 atom stereocenters. The lowest BCUT2D eigenvalue weighted by Crippen LogP contribution is -2.13. The maximum Gasteiger partial charge on any atom is 0.255 e. The van der Waals surface area contributed by atoms with Crippen LogP contribution in [0.3, 0.4) is 0 Å². The minimum absolute atomic E-state index is 0.175. The Labute approximate surface area is 133 Å². The highest BCUT2D eigenvalue weighted by atomic mass is 35.5. The predicted octanol–water partition coefficient (Wildman–Crippen LogP) is 4.09. The van der Waals surface area contributed by atoms with Gasteiger partial charge in [0.2, 0.25) is 0 Å². The second-order valence-electron chi connectivity index (χ2n) is 4.91. The topological polar surface area (TPSA) is 46.9 Å². The summed E-state index contributed by atoms with van der Waals surface area (Å²) >= 11 is 5.81. The Balaban J connectivity index is 1.77. The second-order valence-corrected chi connectivity index (χ2v) is 5.30. The zero-order valence-electron chi connectivity index (χ0n) is 12.0. The molecular weight excluding hydrogens is 298 g/mol. The number of aryl methyl sites for hydroxylation is 1. The highest BCUT2D eigenvalue weighted by molar-refractivity contribution is 6.29. The van der Waals surface area contributed by atoms with Crippen LogP contribution >= 0.6 is 11.6 Å². The number of carbonyl (C=O) groups is 1. The van der Waals surface area contributed by atoms with Crippen LogP contribution in [0.25, 0.3) is 5.69 Å². The summed E-state index contributed by atoms with van der Waals surface area (Å²) in [5, 5.41) is 3.25. The van der Waals surface area contributed by atoms with Crippen molar-refractivity contribution in [1.82, 2.24) is 9.55 Å². The van der Waals surface area contributed by atoms with Gasteiger partial charge >= 0.3 is 0 Å². The van der Waals surface area contributed by atoms with Crippen LogP contribution in [0, 0.1) is 6.92 Å². The molecule has 3 aromatic rings. The third-order valence-electron chi connectivity index (χ3n) is 3.36. The number of hydrogen-bond acceptors (Lipinski definition) is 2. The van der Waals surface area contributed by atoms with Gasteiger partial charge in [0.05, 0.1) is 11.9 Å². The molecule has 4 nitrogen and oxygen atoms in total. The molecule has 2 aromatic heterocycles. The number of aromatic nitrogens is 2. The minimum Gasteiger partial charge on any atom is -0.324 e. The summed E-state index contributed by atoms with van der Waals surface area (Å²) in [6.07, 6.45) is 5.47. The van der Waals surface area contributed by atoms with Crippen LogP contribution in [-0.2, 0) is 0 Å². The van der Waals surface area contributed by atoms with Gasteiger partial charge in [0, 0.05) is 23.6 Å². The van der Waals surface area contributed by atoms with E-state index < -0.39 is 0 Å².